The average Bonchev–Trinajstić information content (AvgIpc) is 2.73. The number of nitrogens with one attached hydrogen (secondary N) is 2. The fraction of sp³-hybridized carbons (Fsp3) is 0.174. The van der Waals surface area contributed by atoms with Crippen LogP contribution in [0.15, 0.2) is 64.4 Å². The number of hydrogen-bond acceptors (Lipinski definition) is 5. The number of carbonyl (C=O) groups is 1. The maximum absolute atomic E-state index is 13.4. The topological polar surface area (TPSA) is 105 Å². The number of phenolic OH excluding ortho intramolecular Hbond substituents is 1. The lowest BCUT2D eigenvalue weighted by atomic mass is 10.1. The molecule has 31 heavy (non-hydrogen) atoms. The summed E-state index contributed by atoms with van der Waals surface area (Å²) in [5, 5.41) is 15.7. The Morgan fingerprint density at radius 3 is 2.13 bits per heavy atom. The number of amides is 2. The molecule has 0 bridgehead atoms. The highest BCUT2D eigenvalue weighted by atomic mass is 32.2. The van der Waals surface area contributed by atoms with Crippen molar-refractivity contribution in [3.8, 4) is 11.5 Å². The summed E-state index contributed by atoms with van der Waals surface area (Å²) in [5.74, 6) is 0.370. The predicted molar refractivity (Wildman–Crippen MR) is 120 cm³/mol. The zero-order valence-corrected chi connectivity index (χ0v) is 18.5. The Hall–Kier alpha value is -3.52. The highest BCUT2D eigenvalue weighted by molar-refractivity contribution is 7.91. The first kappa shape index (κ1) is 22.2. The Morgan fingerprint density at radius 2 is 1.55 bits per heavy atom. The van der Waals surface area contributed by atoms with Crippen LogP contribution in [0.3, 0.4) is 0 Å². The zero-order chi connectivity index (χ0) is 22.8. The Balaban J connectivity index is 2.02. The van der Waals surface area contributed by atoms with Gasteiger partial charge in [-0.25, -0.2) is 13.2 Å². The van der Waals surface area contributed by atoms with Gasteiger partial charge in [0, 0.05) is 11.3 Å². The van der Waals surface area contributed by atoms with Crippen molar-refractivity contribution in [2.75, 3.05) is 17.7 Å². The molecule has 162 valence electrons. The Bertz CT molecular complexity index is 1220. The number of benzene rings is 3. The van der Waals surface area contributed by atoms with E-state index in [-0.39, 0.29) is 26.8 Å². The molecular formula is C23H24N2O5S. The van der Waals surface area contributed by atoms with Gasteiger partial charge in [-0.05, 0) is 68.8 Å². The van der Waals surface area contributed by atoms with Gasteiger partial charge in [0.15, 0.2) is 0 Å². The van der Waals surface area contributed by atoms with Crippen molar-refractivity contribution in [1.29, 1.82) is 0 Å². The summed E-state index contributed by atoms with van der Waals surface area (Å²) in [5.41, 5.74) is 2.28. The van der Waals surface area contributed by atoms with Crippen LogP contribution >= 0.6 is 0 Å². The standard InChI is InChI=1S/C23H24N2O5S/c1-14-5-7-17(8-6-14)24-23(27)25-20-13-15(2)21(26)16(3)22(20)31(28,29)19-11-9-18(30-4)10-12-19/h5-13,26H,1-4H3,(H2,24,25,27). The average molecular weight is 441 g/mol. The highest BCUT2D eigenvalue weighted by Gasteiger charge is 2.27. The normalized spacial score (nSPS) is 11.1. The molecule has 3 rings (SSSR count). The van der Waals surface area contributed by atoms with E-state index in [4.69, 9.17) is 4.74 Å². The van der Waals surface area contributed by atoms with Crippen LogP contribution in [0.2, 0.25) is 0 Å². The fourth-order valence-corrected chi connectivity index (χ4v) is 4.82. The molecule has 0 spiro atoms. The van der Waals surface area contributed by atoms with Crippen molar-refractivity contribution >= 4 is 27.2 Å². The van der Waals surface area contributed by atoms with Crippen LogP contribution in [-0.4, -0.2) is 26.7 Å². The minimum atomic E-state index is -4.05. The molecule has 0 saturated carbocycles. The van der Waals surface area contributed by atoms with E-state index in [0.717, 1.165) is 5.56 Å². The maximum Gasteiger partial charge on any atom is 0.323 e. The molecular weight excluding hydrogens is 416 g/mol. The lowest BCUT2D eigenvalue weighted by Crippen LogP contribution is -2.21. The van der Waals surface area contributed by atoms with Gasteiger partial charge in [-0.1, -0.05) is 17.7 Å². The van der Waals surface area contributed by atoms with Gasteiger partial charge in [0.2, 0.25) is 9.84 Å². The van der Waals surface area contributed by atoms with Gasteiger partial charge in [-0.3, -0.25) is 0 Å². The van der Waals surface area contributed by atoms with Crippen molar-refractivity contribution in [2.24, 2.45) is 0 Å². The SMILES string of the molecule is COc1ccc(S(=O)(=O)c2c(NC(=O)Nc3ccc(C)cc3)cc(C)c(O)c2C)cc1. The van der Waals surface area contributed by atoms with Gasteiger partial charge in [-0.15, -0.1) is 0 Å². The van der Waals surface area contributed by atoms with Crippen LogP contribution in [0.5, 0.6) is 11.5 Å². The smallest absolute Gasteiger partial charge is 0.323 e. The molecule has 0 aliphatic rings. The zero-order valence-electron chi connectivity index (χ0n) is 17.7. The Morgan fingerprint density at radius 1 is 0.935 bits per heavy atom. The number of aromatic hydroxyl groups is 1. The third-order valence-electron chi connectivity index (χ3n) is 4.87. The molecule has 0 aliphatic carbocycles. The Labute approximate surface area is 181 Å². The second kappa shape index (κ2) is 8.69. The number of anilines is 2. The molecule has 0 aliphatic heterocycles. The molecule has 0 unspecified atom stereocenters. The maximum atomic E-state index is 13.4. The first-order chi connectivity index (χ1) is 14.6. The van der Waals surface area contributed by atoms with Crippen molar-refractivity contribution < 1.29 is 23.1 Å². The van der Waals surface area contributed by atoms with E-state index < -0.39 is 15.9 Å². The van der Waals surface area contributed by atoms with E-state index in [9.17, 15) is 18.3 Å². The van der Waals surface area contributed by atoms with Gasteiger partial charge in [0.05, 0.1) is 17.7 Å². The minimum Gasteiger partial charge on any atom is -0.507 e. The van der Waals surface area contributed by atoms with Gasteiger partial charge >= 0.3 is 6.03 Å². The Kier molecular flexibility index (Phi) is 6.21. The van der Waals surface area contributed by atoms with Crippen LogP contribution in [0, 0.1) is 20.8 Å². The van der Waals surface area contributed by atoms with Crippen LogP contribution in [-0.2, 0) is 9.84 Å². The minimum absolute atomic E-state index is 0.0154. The second-order valence-corrected chi connectivity index (χ2v) is 9.05. The largest absolute Gasteiger partial charge is 0.507 e. The monoisotopic (exact) mass is 440 g/mol. The molecule has 0 radical (unpaired) electrons. The third kappa shape index (κ3) is 4.64. The van der Waals surface area contributed by atoms with Crippen molar-refractivity contribution in [1.82, 2.24) is 0 Å². The highest BCUT2D eigenvalue weighted by Crippen LogP contribution is 2.38. The molecule has 0 saturated heterocycles. The molecule has 2 amide bonds. The lowest BCUT2D eigenvalue weighted by Gasteiger charge is -2.18. The summed E-state index contributed by atoms with van der Waals surface area (Å²) in [6.07, 6.45) is 0. The number of ether oxygens (including phenoxy) is 1. The summed E-state index contributed by atoms with van der Waals surface area (Å²) in [6.45, 7) is 5.07. The van der Waals surface area contributed by atoms with Gasteiger partial charge in [0.1, 0.15) is 16.4 Å². The first-order valence-electron chi connectivity index (χ1n) is 9.50. The number of sulfone groups is 1. The molecule has 3 aromatic carbocycles. The number of aryl methyl sites for hydroxylation is 2. The van der Waals surface area contributed by atoms with E-state index >= 15 is 0 Å². The number of hydrogen-bond donors (Lipinski definition) is 3. The molecule has 0 fully saturated rings. The van der Waals surface area contributed by atoms with Crippen molar-refractivity contribution in [3.63, 3.8) is 0 Å². The first-order valence-corrected chi connectivity index (χ1v) is 11.0. The molecule has 0 aromatic heterocycles. The summed E-state index contributed by atoms with van der Waals surface area (Å²) >= 11 is 0. The molecule has 0 atom stereocenters. The predicted octanol–water partition coefficient (Wildman–Crippen LogP) is 4.80. The fourth-order valence-electron chi connectivity index (χ4n) is 3.19. The quantitative estimate of drug-likeness (QED) is 0.494. The van der Waals surface area contributed by atoms with Crippen molar-refractivity contribution in [2.45, 2.75) is 30.6 Å². The molecule has 7 nitrogen and oxygen atoms in total. The van der Waals surface area contributed by atoms with Crippen LogP contribution in [0.1, 0.15) is 16.7 Å². The van der Waals surface area contributed by atoms with Crippen molar-refractivity contribution in [3.05, 3.63) is 71.3 Å². The number of rotatable bonds is 5. The molecule has 8 heteroatoms. The second-order valence-electron chi connectivity index (χ2n) is 7.17. The molecule has 0 heterocycles. The van der Waals surface area contributed by atoms with E-state index in [1.807, 2.05) is 19.1 Å². The van der Waals surface area contributed by atoms with E-state index in [1.54, 1.807) is 19.1 Å². The number of carbonyl (C=O) groups excluding carboxylic acids is 1. The van der Waals surface area contributed by atoms with Gasteiger partial charge in [-0.2, -0.15) is 0 Å². The van der Waals surface area contributed by atoms with Crippen LogP contribution in [0.25, 0.3) is 0 Å². The third-order valence-corrected chi connectivity index (χ3v) is 6.83. The number of phenols is 1. The van der Waals surface area contributed by atoms with Gasteiger partial charge in [0.25, 0.3) is 0 Å². The molecule has 3 N–H and O–H groups in total. The summed E-state index contributed by atoms with van der Waals surface area (Å²) in [7, 11) is -2.56. The van der Waals surface area contributed by atoms with Gasteiger partial charge < -0.3 is 20.5 Å². The number of methoxy groups -OCH3 is 1. The molecule has 3 aromatic rings. The van der Waals surface area contributed by atoms with Crippen LogP contribution < -0.4 is 15.4 Å². The van der Waals surface area contributed by atoms with E-state index in [2.05, 4.69) is 10.6 Å². The summed E-state index contributed by atoms with van der Waals surface area (Å²) in [4.78, 5) is 12.4. The van der Waals surface area contributed by atoms with Crippen LogP contribution in [0.4, 0.5) is 16.2 Å². The summed E-state index contributed by atoms with van der Waals surface area (Å²) < 4.78 is 31.9. The van der Waals surface area contributed by atoms with E-state index in [1.165, 1.54) is 44.4 Å². The lowest BCUT2D eigenvalue weighted by molar-refractivity contribution is 0.262. The van der Waals surface area contributed by atoms with E-state index in [0.29, 0.717) is 17.0 Å². The number of urea groups is 1. The summed E-state index contributed by atoms with van der Waals surface area (Å²) in [6, 6.07) is 13.9.